The molecule has 0 fully saturated rings. The Bertz CT molecular complexity index is 336. The molecule has 1 aromatic rings. The van der Waals surface area contributed by atoms with E-state index >= 15 is 0 Å². The molecule has 0 radical (unpaired) electrons. The van der Waals surface area contributed by atoms with Crippen molar-refractivity contribution in [1.82, 2.24) is 0 Å². The topological polar surface area (TPSA) is 12.0 Å². The van der Waals surface area contributed by atoms with Crippen molar-refractivity contribution in [2.75, 3.05) is 11.9 Å². The Kier molecular flexibility index (Phi) is 7.91. The van der Waals surface area contributed by atoms with Crippen LogP contribution in [0.4, 0.5) is 5.69 Å². The summed E-state index contributed by atoms with van der Waals surface area (Å²) in [4.78, 5) is 0. The van der Waals surface area contributed by atoms with Crippen LogP contribution in [0.25, 0.3) is 0 Å². The minimum absolute atomic E-state index is 0.831. The zero-order chi connectivity index (χ0) is 13.2. The molecule has 0 heterocycles. The quantitative estimate of drug-likeness (QED) is 0.557. The van der Waals surface area contributed by atoms with Crippen LogP contribution in [0, 0.1) is 6.92 Å². The molecule has 1 rings (SSSR count). The number of benzene rings is 1. The van der Waals surface area contributed by atoms with Gasteiger partial charge in [0, 0.05) is 6.54 Å². The SMILES string of the molecule is CCCCCCCCCNc1ccc(C)cc1Cl. The van der Waals surface area contributed by atoms with E-state index in [0.29, 0.717) is 0 Å². The third-order valence-electron chi connectivity index (χ3n) is 3.22. The van der Waals surface area contributed by atoms with Gasteiger partial charge in [-0.1, -0.05) is 63.1 Å². The van der Waals surface area contributed by atoms with Gasteiger partial charge in [-0.15, -0.1) is 0 Å². The van der Waals surface area contributed by atoms with E-state index in [-0.39, 0.29) is 0 Å². The fourth-order valence-corrected chi connectivity index (χ4v) is 2.37. The Morgan fingerprint density at radius 1 is 1.00 bits per heavy atom. The van der Waals surface area contributed by atoms with Gasteiger partial charge >= 0.3 is 0 Å². The molecular formula is C16H26ClN. The predicted octanol–water partition coefficient (Wildman–Crippen LogP) is 5.81. The second-order valence-electron chi connectivity index (χ2n) is 5.03. The van der Waals surface area contributed by atoms with Crippen LogP contribution in [-0.4, -0.2) is 6.54 Å². The number of rotatable bonds is 9. The van der Waals surface area contributed by atoms with Crippen LogP contribution in [0.5, 0.6) is 0 Å². The highest BCUT2D eigenvalue weighted by atomic mass is 35.5. The van der Waals surface area contributed by atoms with Gasteiger partial charge < -0.3 is 5.32 Å². The van der Waals surface area contributed by atoms with Gasteiger partial charge in [-0.3, -0.25) is 0 Å². The number of hydrogen-bond acceptors (Lipinski definition) is 1. The first-order chi connectivity index (χ1) is 8.74. The van der Waals surface area contributed by atoms with Crippen molar-refractivity contribution in [3.05, 3.63) is 28.8 Å². The molecule has 1 N–H and O–H groups in total. The second kappa shape index (κ2) is 9.27. The van der Waals surface area contributed by atoms with E-state index in [1.165, 1.54) is 50.5 Å². The average Bonchev–Trinajstić information content (AvgIpc) is 2.35. The van der Waals surface area contributed by atoms with Crippen LogP contribution in [0.3, 0.4) is 0 Å². The van der Waals surface area contributed by atoms with E-state index in [9.17, 15) is 0 Å². The van der Waals surface area contributed by atoms with Crippen LogP contribution >= 0.6 is 11.6 Å². The third kappa shape index (κ3) is 6.30. The lowest BCUT2D eigenvalue weighted by atomic mass is 10.1. The van der Waals surface area contributed by atoms with Gasteiger partial charge in [0.2, 0.25) is 0 Å². The van der Waals surface area contributed by atoms with Gasteiger partial charge in [-0.2, -0.15) is 0 Å². The normalized spacial score (nSPS) is 10.6. The molecule has 0 amide bonds. The summed E-state index contributed by atoms with van der Waals surface area (Å²) in [6.45, 7) is 5.34. The van der Waals surface area contributed by atoms with E-state index in [4.69, 9.17) is 11.6 Å². The highest BCUT2D eigenvalue weighted by Crippen LogP contribution is 2.22. The van der Waals surface area contributed by atoms with Gasteiger partial charge in [-0.25, -0.2) is 0 Å². The molecule has 0 unspecified atom stereocenters. The molecule has 0 aliphatic rings. The lowest BCUT2D eigenvalue weighted by molar-refractivity contribution is 0.596. The number of hydrogen-bond donors (Lipinski definition) is 1. The molecule has 0 saturated carbocycles. The molecule has 0 atom stereocenters. The molecule has 0 aliphatic heterocycles. The van der Waals surface area contributed by atoms with Gasteiger partial charge in [0.1, 0.15) is 0 Å². The monoisotopic (exact) mass is 267 g/mol. The van der Waals surface area contributed by atoms with Gasteiger partial charge in [-0.05, 0) is 31.0 Å². The van der Waals surface area contributed by atoms with E-state index in [2.05, 4.69) is 31.3 Å². The summed E-state index contributed by atoms with van der Waals surface area (Å²) in [5.41, 5.74) is 2.27. The molecule has 2 heteroatoms. The number of anilines is 1. The Labute approximate surface area is 117 Å². The van der Waals surface area contributed by atoms with E-state index < -0.39 is 0 Å². The largest absolute Gasteiger partial charge is 0.384 e. The molecule has 0 saturated heterocycles. The molecule has 1 aromatic carbocycles. The minimum atomic E-state index is 0.831. The van der Waals surface area contributed by atoms with Gasteiger partial charge in [0.25, 0.3) is 0 Å². The number of aryl methyl sites for hydroxylation is 1. The summed E-state index contributed by atoms with van der Waals surface area (Å²) in [5.74, 6) is 0. The van der Waals surface area contributed by atoms with Crippen LogP contribution in [-0.2, 0) is 0 Å². The molecule has 0 spiro atoms. The highest BCUT2D eigenvalue weighted by molar-refractivity contribution is 6.33. The van der Waals surface area contributed by atoms with Crippen LogP contribution < -0.4 is 5.32 Å². The first kappa shape index (κ1) is 15.4. The minimum Gasteiger partial charge on any atom is -0.384 e. The standard InChI is InChI=1S/C16H26ClN/c1-3-4-5-6-7-8-9-12-18-16-11-10-14(2)13-15(16)17/h10-11,13,18H,3-9,12H2,1-2H3. The first-order valence-electron chi connectivity index (χ1n) is 7.24. The number of halogens is 1. The zero-order valence-electron chi connectivity index (χ0n) is 11.8. The third-order valence-corrected chi connectivity index (χ3v) is 3.53. The Hall–Kier alpha value is -0.690. The smallest absolute Gasteiger partial charge is 0.0640 e. The predicted molar refractivity (Wildman–Crippen MR) is 82.7 cm³/mol. The van der Waals surface area contributed by atoms with E-state index in [0.717, 1.165) is 17.3 Å². The summed E-state index contributed by atoms with van der Waals surface area (Å²) in [7, 11) is 0. The molecule has 1 nitrogen and oxygen atoms in total. The summed E-state index contributed by atoms with van der Waals surface area (Å²) in [6, 6.07) is 6.17. The zero-order valence-corrected chi connectivity index (χ0v) is 12.5. The average molecular weight is 268 g/mol. The van der Waals surface area contributed by atoms with Crippen molar-refractivity contribution in [2.24, 2.45) is 0 Å². The fourth-order valence-electron chi connectivity index (χ4n) is 2.07. The van der Waals surface area contributed by atoms with Crippen molar-refractivity contribution in [3.63, 3.8) is 0 Å². The molecule has 18 heavy (non-hydrogen) atoms. The molecule has 0 aliphatic carbocycles. The van der Waals surface area contributed by atoms with Crippen molar-refractivity contribution in [1.29, 1.82) is 0 Å². The molecule has 102 valence electrons. The van der Waals surface area contributed by atoms with E-state index in [1.54, 1.807) is 0 Å². The highest BCUT2D eigenvalue weighted by Gasteiger charge is 1.99. The lowest BCUT2D eigenvalue weighted by Gasteiger charge is -2.08. The Balaban J connectivity index is 2.07. The van der Waals surface area contributed by atoms with Crippen molar-refractivity contribution in [3.8, 4) is 0 Å². The lowest BCUT2D eigenvalue weighted by Crippen LogP contribution is -2.02. The van der Waals surface area contributed by atoms with Crippen molar-refractivity contribution >= 4 is 17.3 Å². The van der Waals surface area contributed by atoms with Gasteiger partial charge in [0.15, 0.2) is 0 Å². The van der Waals surface area contributed by atoms with Crippen LogP contribution in [0.15, 0.2) is 18.2 Å². The summed E-state index contributed by atoms with van der Waals surface area (Å²) >= 11 is 6.16. The summed E-state index contributed by atoms with van der Waals surface area (Å²) in [5, 5.41) is 4.24. The van der Waals surface area contributed by atoms with Crippen molar-refractivity contribution < 1.29 is 0 Å². The Morgan fingerprint density at radius 3 is 2.33 bits per heavy atom. The van der Waals surface area contributed by atoms with Crippen LogP contribution in [0.2, 0.25) is 5.02 Å². The molecule has 0 aromatic heterocycles. The molecular weight excluding hydrogens is 242 g/mol. The Morgan fingerprint density at radius 2 is 1.67 bits per heavy atom. The van der Waals surface area contributed by atoms with Crippen LogP contribution in [0.1, 0.15) is 57.4 Å². The molecule has 0 bridgehead atoms. The van der Waals surface area contributed by atoms with E-state index in [1.807, 2.05) is 6.07 Å². The maximum absolute atomic E-state index is 6.16. The summed E-state index contributed by atoms with van der Waals surface area (Å²) in [6.07, 6.45) is 9.41. The maximum Gasteiger partial charge on any atom is 0.0640 e. The van der Waals surface area contributed by atoms with Gasteiger partial charge in [0.05, 0.1) is 10.7 Å². The van der Waals surface area contributed by atoms with Crippen molar-refractivity contribution in [2.45, 2.75) is 58.8 Å². The second-order valence-corrected chi connectivity index (χ2v) is 5.44. The maximum atomic E-state index is 6.16. The number of unbranched alkanes of at least 4 members (excludes halogenated alkanes) is 6. The first-order valence-corrected chi connectivity index (χ1v) is 7.62. The summed E-state index contributed by atoms with van der Waals surface area (Å²) < 4.78 is 0. The fraction of sp³-hybridized carbons (Fsp3) is 0.625. The number of nitrogens with one attached hydrogen (secondary N) is 1.